The minimum absolute atomic E-state index is 0.0888. The van der Waals surface area contributed by atoms with E-state index in [4.69, 9.17) is 5.73 Å². The predicted octanol–water partition coefficient (Wildman–Crippen LogP) is 1.22. The number of anilines is 1. The molecule has 10 nitrogen and oxygen atoms in total. The summed E-state index contributed by atoms with van der Waals surface area (Å²) >= 11 is 0. The fourth-order valence-electron chi connectivity index (χ4n) is 3.63. The molecule has 0 bridgehead atoms. The third-order valence-corrected chi connectivity index (χ3v) is 5.10. The van der Waals surface area contributed by atoms with Crippen LogP contribution in [0, 0.1) is 5.92 Å². The highest BCUT2D eigenvalue weighted by atomic mass is 16.1. The number of fused-ring (bicyclic) bond motifs is 2. The molecule has 0 saturated heterocycles. The van der Waals surface area contributed by atoms with Crippen molar-refractivity contribution in [2.24, 2.45) is 11.7 Å². The number of nitrogens with one attached hydrogen (secondary N) is 1. The maximum Gasteiger partial charge on any atom is 0.225 e. The van der Waals surface area contributed by atoms with Crippen LogP contribution < -0.4 is 11.1 Å². The second kappa shape index (κ2) is 6.48. The van der Waals surface area contributed by atoms with Gasteiger partial charge in [0.1, 0.15) is 0 Å². The first kappa shape index (κ1) is 16.5. The monoisotopic (exact) mass is 375 g/mol. The second-order valence-corrected chi connectivity index (χ2v) is 6.93. The molecule has 28 heavy (non-hydrogen) atoms. The maximum atomic E-state index is 11.4. The molecular weight excluding hydrogens is 358 g/mol. The van der Waals surface area contributed by atoms with Crippen LogP contribution in [0.4, 0.5) is 5.95 Å². The minimum Gasteiger partial charge on any atom is -0.369 e. The summed E-state index contributed by atoms with van der Waals surface area (Å²) in [5.41, 5.74) is 8.23. The third-order valence-electron chi connectivity index (χ3n) is 5.10. The fourth-order valence-corrected chi connectivity index (χ4v) is 3.63. The van der Waals surface area contributed by atoms with E-state index in [1.165, 1.54) is 0 Å². The van der Waals surface area contributed by atoms with Gasteiger partial charge in [0.2, 0.25) is 11.9 Å². The Hall–Kier alpha value is -3.69. The van der Waals surface area contributed by atoms with E-state index in [1.807, 2.05) is 24.3 Å². The van der Waals surface area contributed by atoms with E-state index in [9.17, 15) is 4.79 Å². The molecule has 1 fully saturated rings. The third kappa shape index (κ3) is 2.88. The normalized spacial score (nSPS) is 19.3. The van der Waals surface area contributed by atoms with Crippen LogP contribution in [0.3, 0.4) is 0 Å². The topological polar surface area (TPSA) is 137 Å². The van der Waals surface area contributed by atoms with Crippen molar-refractivity contribution in [3.63, 3.8) is 0 Å². The van der Waals surface area contributed by atoms with Crippen molar-refractivity contribution in [2.75, 3.05) is 5.32 Å². The molecule has 2 atom stereocenters. The summed E-state index contributed by atoms with van der Waals surface area (Å²) in [7, 11) is 0. The average molecular weight is 375 g/mol. The van der Waals surface area contributed by atoms with Gasteiger partial charge >= 0.3 is 0 Å². The molecule has 3 N–H and O–H groups in total. The van der Waals surface area contributed by atoms with Gasteiger partial charge in [0.25, 0.3) is 0 Å². The highest BCUT2D eigenvalue weighted by molar-refractivity contribution is 5.81. The largest absolute Gasteiger partial charge is 0.369 e. The minimum atomic E-state index is -0.246. The smallest absolute Gasteiger partial charge is 0.225 e. The lowest BCUT2D eigenvalue weighted by atomic mass is 10.1. The molecule has 10 heteroatoms. The highest BCUT2D eigenvalue weighted by Crippen LogP contribution is 2.27. The molecule has 5 rings (SSSR count). The number of benzene rings is 1. The zero-order chi connectivity index (χ0) is 19.1. The number of amides is 1. The Balaban J connectivity index is 1.47. The first-order valence-corrected chi connectivity index (χ1v) is 9.03. The SMILES string of the molecule is NC(=O)C1CCC(Nc2ncc3nnn(-c4ccc5nnccc5c4)c3n2)C1. The van der Waals surface area contributed by atoms with Gasteiger partial charge in [0.15, 0.2) is 11.2 Å². The molecule has 3 aromatic heterocycles. The molecule has 4 aromatic rings. The van der Waals surface area contributed by atoms with E-state index in [0.717, 1.165) is 29.4 Å². The molecule has 3 heterocycles. The summed E-state index contributed by atoms with van der Waals surface area (Å²) in [6.45, 7) is 0. The van der Waals surface area contributed by atoms with Crippen LogP contribution in [0.5, 0.6) is 0 Å². The first-order valence-electron chi connectivity index (χ1n) is 9.03. The van der Waals surface area contributed by atoms with Crippen LogP contribution in [0.2, 0.25) is 0 Å². The van der Waals surface area contributed by atoms with Gasteiger partial charge in [-0.15, -0.1) is 5.10 Å². The van der Waals surface area contributed by atoms with Gasteiger partial charge in [-0.3, -0.25) is 4.79 Å². The Morgan fingerprint density at radius 2 is 2.11 bits per heavy atom. The van der Waals surface area contributed by atoms with Gasteiger partial charge < -0.3 is 11.1 Å². The van der Waals surface area contributed by atoms with E-state index >= 15 is 0 Å². The Labute approximate surface area is 159 Å². The molecular formula is C18H17N9O. The zero-order valence-electron chi connectivity index (χ0n) is 14.9. The van der Waals surface area contributed by atoms with Gasteiger partial charge in [0, 0.05) is 17.3 Å². The molecule has 0 aliphatic heterocycles. The summed E-state index contributed by atoms with van der Waals surface area (Å²) in [6, 6.07) is 7.76. The molecule has 0 spiro atoms. The Morgan fingerprint density at radius 3 is 2.96 bits per heavy atom. The Kier molecular flexibility index (Phi) is 3.81. The van der Waals surface area contributed by atoms with Gasteiger partial charge in [0.05, 0.1) is 23.6 Å². The van der Waals surface area contributed by atoms with E-state index < -0.39 is 0 Å². The number of primary amides is 1. The van der Waals surface area contributed by atoms with Crippen LogP contribution in [0.15, 0.2) is 36.7 Å². The summed E-state index contributed by atoms with van der Waals surface area (Å²) in [5.74, 6) is 0.149. The van der Waals surface area contributed by atoms with Gasteiger partial charge in [-0.2, -0.15) is 19.9 Å². The fraction of sp³-hybridized carbons (Fsp3) is 0.278. The van der Waals surface area contributed by atoms with E-state index in [0.29, 0.717) is 23.5 Å². The van der Waals surface area contributed by atoms with Gasteiger partial charge in [-0.1, -0.05) is 5.21 Å². The van der Waals surface area contributed by atoms with Gasteiger partial charge in [-0.05, 0) is 43.5 Å². The Bertz CT molecular complexity index is 1190. The van der Waals surface area contributed by atoms with Crippen molar-refractivity contribution in [2.45, 2.75) is 25.3 Å². The van der Waals surface area contributed by atoms with Crippen molar-refractivity contribution in [1.29, 1.82) is 0 Å². The van der Waals surface area contributed by atoms with Crippen molar-refractivity contribution in [3.8, 4) is 5.69 Å². The van der Waals surface area contributed by atoms with Crippen LogP contribution in [-0.4, -0.2) is 47.1 Å². The van der Waals surface area contributed by atoms with Crippen LogP contribution in [-0.2, 0) is 4.79 Å². The first-order chi connectivity index (χ1) is 13.7. The van der Waals surface area contributed by atoms with Gasteiger partial charge in [-0.25, -0.2) is 4.98 Å². The number of hydrogen-bond acceptors (Lipinski definition) is 8. The average Bonchev–Trinajstić information content (AvgIpc) is 3.34. The number of rotatable bonds is 4. The number of carbonyl (C=O) groups is 1. The maximum absolute atomic E-state index is 11.4. The standard InChI is InChI=1S/C18H17N9O/c19-16(28)11-1-2-12(7-11)22-18-20-9-15-17(23-18)27(26-25-15)13-3-4-14-10(8-13)5-6-21-24-14/h3-6,8-9,11-12H,1-2,7H2,(H2,19,28)(H,20,22,23). The Morgan fingerprint density at radius 1 is 1.18 bits per heavy atom. The summed E-state index contributed by atoms with van der Waals surface area (Å²) in [5, 5.41) is 20.6. The summed E-state index contributed by atoms with van der Waals surface area (Å²) in [4.78, 5) is 20.3. The molecule has 2 unspecified atom stereocenters. The van der Waals surface area contributed by atoms with Crippen molar-refractivity contribution in [1.82, 2.24) is 35.2 Å². The lowest BCUT2D eigenvalue weighted by Gasteiger charge is -2.12. The predicted molar refractivity (Wildman–Crippen MR) is 101 cm³/mol. The van der Waals surface area contributed by atoms with Crippen LogP contribution in [0.25, 0.3) is 27.8 Å². The highest BCUT2D eigenvalue weighted by Gasteiger charge is 2.28. The number of nitrogens with zero attached hydrogens (tertiary/aromatic N) is 7. The van der Waals surface area contributed by atoms with Crippen molar-refractivity contribution in [3.05, 3.63) is 36.7 Å². The number of nitrogens with two attached hydrogens (primary N) is 1. The summed E-state index contributed by atoms with van der Waals surface area (Å²) in [6.07, 6.45) is 5.63. The molecule has 1 saturated carbocycles. The molecule has 140 valence electrons. The molecule has 1 aliphatic rings. The van der Waals surface area contributed by atoms with Crippen LogP contribution >= 0.6 is 0 Å². The number of hydrogen-bond donors (Lipinski definition) is 2. The van der Waals surface area contributed by atoms with E-state index in [2.05, 4.69) is 35.8 Å². The van der Waals surface area contributed by atoms with E-state index in [-0.39, 0.29) is 17.9 Å². The zero-order valence-corrected chi connectivity index (χ0v) is 14.9. The molecule has 1 amide bonds. The molecule has 1 aromatic carbocycles. The molecule has 1 aliphatic carbocycles. The lowest BCUT2D eigenvalue weighted by Crippen LogP contribution is -2.23. The number of aromatic nitrogens is 7. The number of carbonyl (C=O) groups excluding carboxylic acids is 1. The van der Waals surface area contributed by atoms with Crippen molar-refractivity contribution < 1.29 is 4.79 Å². The quantitative estimate of drug-likeness (QED) is 0.543. The summed E-state index contributed by atoms with van der Waals surface area (Å²) < 4.78 is 1.67. The van der Waals surface area contributed by atoms with Crippen molar-refractivity contribution >= 4 is 33.9 Å². The van der Waals surface area contributed by atoms with E-state index in [1.54, 1.807) is 17.1 Å². The molecule has 0 radical (unpaired) electrons. The second-order valence-electron chi connectivity index (χ2n) is 6.93. The lowest BCUT2D eigenvalue weighted by molar-refractivity contribution is -0.121. The van der Waals surface area contributed by atoms with Crippen LogP contribution in [0.1, 0.15) is 19.3 Å².